The summed E-state index contributed by atoms with van der Waals surface area (Å²) >= 11 is 0. The van der Waals surface area contributed by atoms with Gasteiger partial charge in [-0.25, -0.2) is 0 Å². The van der Waals surface area contributed by atoms with Crippen molar-refractivity contribution >= 4 is 16.8 Å². The summed E-state index contributed by atoms with van der Waals surface area (Å²) in [5, 5.41) is 8.40. The van der Waals surface area contributed by atoms with Gasteiger partial charge in [0.05, 0.1) is 12.2 Å². The summed E-state index contributed by atoms with van der Waals surface area (Å²) in [6, 6.07) is 10.1. The van der Waals surface area contributed by atoms with Crippen molar-refractivity contribution in [3.63, 3.8) is 0 Å². The van der Waals surface area contributed by atoms with Crippen molar-refractivity contribution < 1.29 is 4.79 Å². The van der Waals surface area contributed by atoms with Crippen LogP contribution in [0.5, 0.6) is 0 Å². The molecular formula is C17H20N4O. The molecule has 2 aromatic heterocycles. The summed E-state index contributed by atoms with van der Waals surface area (Å²) in [5.74, 6) is 0.0112. The van der Waals surface area contributed by atoms with Gasteiger partial charge in [0.1, 0.15) is 6.54 Å². The number of para-hydroxylation sites is 1. The largest absolute Gasteiger partial charge is 0.348 e. The van der Waals surface area contributed by atoms with E-state index in [0.29, 0.717) is 6.54 Å². The van der Waals surface area contributed by atoms with Crippen molar-refractivity contribution in [2.45, 2.75) is 25.9 Å². The summed E-state index contributed by atoms with van der Waals surface area (Å²) < 4.78 is 3.73. The fourth-order valence-electron chi connectivity index (χ4n) is 2.71. The van der Waals surface area contributed by atoms with Crippen LogP contribution >= 0.6 is 0 Å². The van der Waals surface area contributed by atoms with Gasteiger partial charge in [-0.15, -0.1) is 0 Å². The first-order valence-corrected chi connectivity index (χ1v) is 7.49. The number of rotatable bonds is 5. The number of nitrogens with zero attached hydrogens (tertiary/aromatic N) is 3. The third kappa shape index (κ3) is 2.88. The van der Waals surface area contributed by atoms with Gasteiger partial charge in [0.25, 0.3) is 0 Å². The Balaban J connectivity index is 1.71. The monoisotopic (exact) mass is 296 g/mol. The van der Waals surface area contributed by atoms with E-state index < -0.39 is 0 Å². The van der Waals surface area contributed by atoms with Crippen molar-refractivity contribution in [1.82, 2.24) is 19.7 Å². The molecule has 0 saturated carbocycles. The van der Waals surface area contributed by atoms with Crippen LogP contribution in [0.15, 0.2) is 48.9 Å². The molecule has 0 bridgehead atoms. The van der Waals surface area contributed by atoms with Crippen molar-refractivity contribution in [1.29, 1.82) is 0 Å². The van der Waals surface area contributed by atoms with Gasteiger partial charge < -0.3 is 9.88 Å². The van der Waals surface area contributed by atoms with Crippen LogP contribution < -0.4 is 5.32 Å². The zero-order chi connectivity index (χ0) is 15.5. The minimum Gasteiger partial charge on any atom is -0.348 e. The second kappa shape index (κ2) is 6.05. The maximum absolute atomic E-state index is 12.3. The van der Waals surface area contributed by atoms with E-state index in [1.165, 1.54) is 0 Å². The van der Waals surface area contributed by atoms with Gasteiger partial charge in [0.2, 0.25) is 5.91 Å². The molecule has 0 saturated heterocycles. The molecule has 0 spiro atoms. The number of hydrogen-bond donors (Lipinski definition) is 1. The summed E-state index contributed by atoms with van der Waals surface area (Å²) in [5.41, 5.74) is 2.11. The molecule has 2 heterocycles. The highest BCUT2D eigenvalue weighted by Crippen LogP contribution is 2.17. The lowest BCUT2D eigenvalue weighted by atomic mass is 10.1. The van der Waals surface area contributed by atoms with Crippen LogP contribution in [-0.2, 0) is 18.4 Å². The lowest BCUT2D eigenvalue weighted by molar-refractivity contribution is -0.122. The van der Waals surface area contributed by atoms with Crippen LogP contribution in [0.3, 0.4) is 0 Å². The molecule has 1 aromatic carbocycles. The summed E-state index contributed by atoms with van der Waals surface area (Å²) in [6.07, 6.45) is 6.54. The molecule has 0 radical (unpaired) electrons. The Labute approximate surface area is 129 Å². The molecule has 0 fully saturated rings. The predicted molar refractivity (Wildman–Crippen MR) is 86.3 cm³/mol. The quantitative estimate of drug-likeness (QED) is 0.787. The molecule has 114 valence electrons. The van der Waals surface area contributed by atoms with Crippen LogP contribution in [0.2, 0.25) is 0 Å². The number of amides is 1. The molecule has 0 aliphatic rings. The van der Waals surface area contributed by atoms with E-state index in [2.05, 4.69) is 17.3 Å². The lowest BCUT2D eigenvalue weighted by Gasteiger charge is -2.16. The van der Waals surface area contributed by atoms with E-state index in [0.717, 1.165) is 22.9 Å². The van der Waals surface area contributed by atoms with Crippen molar-refractivity contribution in [2.75, 3.05) is 0 Å². The summed E-state index contributed by atoms with van der Waals surface area (Å²) in [7, 11) is 1.88. The molecule has 1 atom stereocenters. The highest BCUT2D eigenvalue weighted by atomic mass is 16.2. The number of carbonyl (C=O) groups is 1. The molecule has 1 N–H and O–H groups in total. The van der Waals surface area contributed by atoms with Crippen LogP contribution in [0.25, 0.3) is 10.9 Å². The van der Waals surface area contributed by atoms with Crippen molar-refractivity contribution in [3.05, 3.63) is 54.5 Å². The third-order valence-corrected chi connectivity index (χ3v) is 3.86. The van der Waals surface area contributed by atoms with Gasteiger partial charge in [0, 0.05) is 30.5 Å². The van der Waals surface area contributed by atoms with Gasteiger partial charge in [0.15, 0.2) is 0 Å². The predicted octanol–water partition coefficient (Wildman–Crippen LogP) is 2.64. The molecule has 22 heavy (non-hydrogen) atoms. The second-order valence-electron chi connectivity index (χ2n) is 5.48. The van der Waals surface area contributed by atoms with Crippen LogP contribution in [0.4, 0.5) is 0 Å². The number of aryl methyl sites for hydroxylation is 1. The molecule has 5 nitrogen and oxygen atoms in total. The Morgan fingerprint density at radius 2 is 2.14 bits per heavy atom. The number of fused-ring (bicyclic) bond motifs is 1. The first kappa shape index (κ1) is 14.4. The molecule has 1 amide bonds. The van der Waals surface area contributed by atoms with Crippen LogP contribution in [0.1, 0.15) is 24.9 Å². The van der Waals surface area contributed by atoms with E-state index in [4.69, 9.17) is 0 Å². The molecule has 0 aliphatic carbocycles. The number of carbonyl (C=O) groups excluding carboxylic acids is 1. The molecule has 0 unspecified atom stereocenters. The van der Waals surface area contributed by atoms with Crippen LogP contribution in [0, 0.1) is 0 Å². The summed E-state index contributed by atoms with van der Waals surface area (Å²) in [6.45, 7) is 2.38. The normalized spacial score (nSPS) is 12.5. The van der Waals surface area contributed by atoms with E-state index in [1.807, 2.05) is 54.3 Å². The Bertz CT molecular complexity index is 787. The Hall–Kier alpha value is -2.56. The first-order chi connectivity index (χ1) is 10.7. The molecule has 0 aliphatic heterocycles. The van der Waals surface area contributed by atoms with Crippen molar-refractivity contribution in [2.24, 2.45) is 7.05 Å². The smallest absolute Gasteiger partial charge is 0.240 e. The Kier molecular flexibility index (Phi) is 3.96. The van der Waals surface area contributed by atoms with Gasteiger partial charge >= 0.3 is 0 Å². The number of hydrogen-bond acceptors (Lipinski definition) is 2. The van der Waals surface area contributed by atoms with E-state index in [9.17, 15) is 4.79 Å². The SMILES string of the molecule is CC[C@@H](NC(=O)Cn1ccc2ccccc21)c1cnn(C)c1. The minimum atomic E-state index is 0.00280. The standard InChI is InChI=1S/C17H20N4O/c1-3-15(14-10-18-20(2)11-14)19-17(22)12-21-9-8-13-6-4-5-7-16(13)21/h4-11,15H,3,12H2,1-2H3,(H,19,22)/t15-/m1/s1. The lowest BCUT2D eigenvalue weighted by Crippen LogP contribution is -2.31. The van der Waals surface area contributed by atoms with Gasteiger partial charge in [-0.3, -0.25) is 9.48 Å². The van der Waals surface area contributed by atoms with Gasteiger partial charge in [-0.05, 0) is 23.9 Å². The topological polar surface area (TPSA) is 51.9 Å². The van der Waals surface area contributed by atoms with E-state index in [-0.39, 0.29) is 11.9 Å². The highest BCUT2D eigenvalue weighted by Gasteiger charge is 2.15. The number of nitrogens with one attached hydrogen (secondary N) is 1. The summed E-state index contributed by atoms with van der Waals surface area (Å²) in [4.78, 5) is 12.3. The van der Waals surface area contributed by atoms with Crippen molar-refractivity contribution in [3.8, 4) is 0 Å². The maximum Gasteiger partial charge on any atom is 0.240 e. The van der Waals surface area contributed by atoms with Crippen LogP contribution in [-0.4, -0.2) is 20.3 Å². The number of benzene rings is 1. The third-order valence-electron chi connectivity index (χ3n) is 3.86. The zero-order valence-electron chi connectivity index (χ0n) is 12.9. The first-order valence-electron chi connectivity index (χ1n) is 7.49. The van der Waals surface area contributed by atoms with E-state index in [1.54, 1.807) is 10.9 Å². The average Bonchev–Trinajstić information content (AvgIpc) is 3.12. The number of aromatic nitrogens is 3. The Morgan fingerprint density at radius 1 is 1.32 bits per heavy atom. The average molecular weight is 296 g/mol. The molecular weight excluding hydrogens is 276 g/mol. The molecule has 3 rings (SSSR count). The van der Waals surface area contributed by atoms with E-state index >= 15 is 0 Å². The fraction of sp³-hybridized carbons (Fsp3) is 0.294. The molecule has 5 heteroatoms. The second-order valence-corrected chi connectivity index (χ2v) is 5.48. The fourth-order valence-corrected chi connectivity index (χ4v) is 2.71. The highest BCUT2D eigenvalue weighted by molar-refractivity contribution is 5.83. The maximum atomic E-state index is 12.3. The Morgan fingerprint density at radius 3 is 2.86 bits per heavy atom. The minimum absolute atomic E-state index is 0.00280. The zero-order valence-corrected chi connectivity index (χ0v) is 12.9. The molecule has 3 aromatic rings. The van der Waals surface area contributed by atoms with Gasteiger partial charge in [-0.2, -0.15) is 5.10 Å². The van der Waals surface area contributed by atoms with Gasteiger partial charge in [-0.1, -0.05) is 25.1 Å².